The van der Waals surface area contributed by atoms with E-state index in [0.29, 0.717) is 18.8 Å². The molecule has 1 aromatic carbocycles. The molecule has 0 radical (unpaired) electrons. The zero-order valence-electron chi connectivity index (χ0n) is 11.3. The van der Waals surface area contributed by atoms with Crippen molar-refractivity contribution in [1.29, 1.82) is 0 Å². The standard InChI is InChI=1S/C15H21NO3/c1-2-18-12-4-3-7-16(9-12)14-10-19-15-8-11(17)5-6-13(14)15/h5-6,8,12,14,17H,2-4,7,9-10H2,1H3. The van der Waals surface area contributed by atoms with Crippen molar-refractivity contribution < 1.29 is 14.6 Å². The minimum absolute atomic E-state index is 0.269. The monoisotopic (exact) mass is 263 g/mol. The molecule has 2 atom stereocenters. The normalized spacial score (nSPS) is 27.0. The Balaban J connectivity index is 1.74. The van der Waals surface area contributed by atoms with E-state index in [1.54, 1.807) is 12.1 Å². The van der Waals surface area contributed by atoms with Crippen molar-refractivity contribution in [2.24, 2.45) is 0 Å². The predicted octanol–water partition coefficient (Wildman–Crippen LogP) is 2.33. The summed E-state index contributed by atoms with van der Waals surface area (Å²) < 4.78 is 11.5. The van der Waals surface area contributed by atoms with Gasteiger partial charge in [-0.15, -0.1) is 0 Å². The molecule has 19 heavy (non-hydrogen) atoms. The molecule has 1 fully saturated rings. The molecule has 0 aliphatic carbocycles. The quantitative estimate of drug-likeness (QED) is 0.909. The molecule has 3 rings (SSSR count). The lowest BCUT2D eigenvalue weighted by Crippen LogP contribution is -2.42. The van der Waals surface area contributed by atoms with Gasteiger partial charge < -0.3 is 14.6 Å². The maximum absolute atomic E-state index is 9.49. The second kappa shape index (κ2) is 5.39. The van der Waals surface area contributed by atoms with E-state index in [2.05, 4.69) is 11.8 Å². The van der Waals surface area contributed by atoms with E-state index >= 15 is 0 Å². The third-order valence-electron chi connectivity index (χ3n) is 4.01. The number of nitrogens with zero attached hydrogens (tertiary/aromatic N) is 1. The summed E-state index contributed by atoms with van der Waals surface area (Å²) in [4.78, 5) is 2.45. The van der Waals surface area contributed by atoms with E-state index in [0.717, 1.165) is 31.9 Å². The molecule has 1 aromatic rings. The Labute approximate surface area is 113 Å². The SMILES string of the molecule is CCOC1CCCN(C2COc3cc(O)ccc32)C1. The van der Waals surface area contributed by atoms with Crippen LogP contribution in [-0.4, -0.2) is 42.4 Å². The zero-order chi connectivity index (χ0) is 13.2. The summed E-state index contributed by atoms with van der Waals surface area (Å²) in [5.41, 5.74) is 1.19. The highest BCUT2D eigenvalue weighted by molar-refractivity contribution is 5.44. The number of phenolic OH excluding ortho intramolecular Hbond substituents is 1. The van der Waals surface area contributed by atoms with E-state index < -0.39 is 0 Å². The summed E-state index contributed by atoms with van der Waals surface area (Å²) in [7, 11) is 0. The Morgan fingerprint density at radius 1 is 1.47 bits per heavy atom. The topological polar surface area (TPSA) is 41.9 Å². The van der Waals surface area contributed by atoms with Crippen LogP contribution in [0.2, 0.25) is 0 Å². The lowest BCUT2D eigenvalue weighted by Gasteiger charge is -2.35. The van der Waals surface area contributed by atoms with Gasteiger partial charge in [0, 0.05) is 24.8 Å². The Morgan fingerprint density at radius 3 is 3.21 bits per heavy atom. The molecule has 0 amide bonds. The molecule has 2 unspecified atom stereocenters. The maximum atomic E-state index is 9.49. The van der Waals surface area contributed by atoms with Crippen molar-refractivity contribution in [3.8, 4) is 11.5 Å². The molecule has 2 aliphatic heterocycles. The molecule has 4 nitrogen and oxygen atoms in total. The van der Waals surface area contributed by atoms with E-state index in [1.165, 1.54) is 12.0 Å². The number of likely N-dealkylation sites (tertiary alicyclic amines) is 1. The number of benzene rings is 1. The summed E-state index contributed by atoms with van der Waals surface area (Å²) in [6, 6.07) is 5.73. The minimum Gasteiger partial charge on any atom is -0.508 e. The highest BCUT2D eigenvalue weighted by Crippen LogP contribution is 2.39. The fraction of sp³-hybridized carbons (Fsp3) is 0.600. The van der Waals surface area contributed by atoms with Gasteiger partial charge in [-0.25, -0.2) is 0 Å². The van der Waals surface area contributed by atoms with Gasteiger partial charge >= 0.3 is 0 Å². The van der Waals surface area contributed by atoms with Crippen LogP contribution in [0.25, 0.3) is 0 Å². The number of ether oxygens (including phenoxy) is 2. The highest BCUT2D eigenvalue weighted by atomic mass is 16.5. The van der Waals surface area contributed by atoms with Crippen LogP contribution in [0, 0.1) is 0 Å². The van der Waals surface area contributed by atoms with Crippen molar-refractivity contribution in [2.75, 3.05) is 26.3 Å². The average Bonchev–Trinajstić information content (AvgIpc) is 2.82. The Bertz CT molecular complexity index is 447. The van der Waals surface area contributed by atoms with Crippen molar-refractivity contribution in [3.63, 3.8) is 0 Å². The van der Waals surface area contributed by atoms with Gasteiger partial charge in [0.1, 0.15) is 18.1 Å². The minimum atomic E-state index is 0.269. The van der Waals surface area contributed by atoms with Crippen LogP contribution >= 0.6 is 0 Å². The number of phenols is 1. The first-order valence-electron chi connectivity index (χ1n) is 7.09. The first-order valence-corrected chi connectivity index (χ1v) is 7.09. The summed E-state index contributed by atoms with van der Waals surface area (Å²) in [5.74, 6) is 1.09. The number of fused-ring (bicyclic) bond motifs is 1. The van der Waals surface area contributed by atoms with Crippen LogP contribution < -0.4 is 4.74 Å². The van der Waals surface area contributed by atoms with E-state index in [-0.39, 0.29) is 5.75 Å². The molecule has 2 aliphatic rings. The largest absolute Gasteiger partial charge is 0.508 e. The van der Waals surface area contributed by atoms with Crippen LogP contribution in [-0.2, 0) is 4.74 Å². The van der Waals surface area contributed by atoms with E-state index in [4.69, 9.17) is 9.47 Å². The molecule has 0 bridgehead atoms. The van der Waals surface area contributed by atoms with Crippen LogP contribution in [0.3, 0.4) is 0 Å². The first kappa shape index (κ1) is 12.8. The molecule has 0 saturated carbocycles. The number of rotatable bonds is 3. The molecule has 104 valence electrons. The van der Waals surface area contributed by atoms with Gasteiger partial charge in [-0.3, -0.25) is 4.90 Å². The van der Waals surface area contributed by atoms with Crippen LogP contribution in [0.1, 0.15) is 31.4 Å². The molecule has 1 N–H and O–H groups in total. The molecule has 2 heterocycles. The van der Waals surface area contributed by atoms with Gasteiger partial charge in [0.2, 0.25) is 0 Å². The molecule has 4 heteroatoms. The summed E-state index contributed by atoms with van der Waals surface area (Å²) in [5, 5.41) is 9.49. The van der Waals surface area contributed by atoms with Crippen molar-refractivity contribution in [3.05, 3.63) is 23.8 Å². The zero-order valence-corrected chi connectivity index (χ0v) is 11.3. The molecular formula is C15H21NO3. The molecule has 0 spiro atoms. The van der Waals surface area contributed by atoms with Crippen molar-refractivity contribution in [2.45, 2.75) is 31.9 Å². The lowest BCUT2D eigenvalue weighted by molar-refractivity contribution is -0.0101. The highest BCUT2D eigenvalue weighted by Gasteiger charge is 2.33. The average molecular weight is 263 g/mol. The van der Waals surface area contributed by atoms with Crippen LogP contribution in [0.4, 0.5) is 0 Å². The van der Waals surface area contributed by atoms with Crippen molar-refractivity contribution >= 4 is 0 Å². The number of aromatic hydroxyl groups is 1. The summed E-state index contributed by atoms with van der Waals surface area (Å²) in [6.45, 7) is 5.58. The van der Waals surface area contributed by atoms with Gasteiger partial charge in [0.15, 0.2) is 0 Å². The number of piperidine rings is 1. The van der Waals surface area contributed by atoms with Gasteiger partial charge in [-0.05, 0) is 38.4 Å². The van der Waals surface area contributed by atoms with Gasteiger partial charge in [0.05, 0.1) is 12.1 Å². The Morgan fingerprint density at radius 2 is 2.37 bits per heavy atom. The third-order valence-corrected chi connectivity index (χ3v) is 4.01. The second-order valence-electron chi connectivity index (χ2n) is 5.26. The Kier molecular flexibility index (Phi) is 3.62. The van der Waals surface area contributed by atoms with Gasteiger partial charge in [0.25, 0.3) is 0 Å². The van der Waals surface area contributed by atoms with E-state index in [1.807, 2.05) is 6.07 Å². The van der Waals surface area contributed by atoms with Crippen LogP contribution in [0.15, 0.2) is 18.2 Å². The number of hydrogen-bond donors (Lipinski definition) is 1. The lowest BCUT2D eigenvalue weighted by atomic mass is 10.0. The molecule has 0 aromatic heterocycles. The fourth-order valence-electron chi connectivity index (χ4n) is 3.10. The number of hydrogen-bond acceptors (Lipinski definition) is 4. The fourth-order valence-corrected chi connectivity index (χ4v) is 3.10. The first-order chi connectivity index (χ1) is 9.28. The van der Waals surface area contributed by atoms with Crippen molar-refractivity contribution in [1.82, 2.24) is 4.90 Å². The van der Waals surface area contributed by atoms with Gasteiger partial charge in [-0.2, -0.15) is 0 Å². The Hall–Kier alpha value is -1.26. The summed E-state index contributed by atoms with van der Waals surface area (Å²) in [6.07, 6.45) is 2.68. The third kappa shape index (κ3) is 2.55. The summed E-state index contributed by atoms with van der Waals surface area (Å²) >= 11 is 0. The molecular weight excluding hydrogens is 242 g/mol. The maximum Gasteiger partial charge on any atom is 0.127 e. The van der Waals surface area contributed by atoms with E-state index in [9.17, 15) is 5.11 Å². The smallest absolute Gasteiger partial charge is 0.127 e. The van der Waals surface area contributed by atoms with Crippen LogP contribution in [0.5, 0.6) is 11.5 Å². The second-order valence-corrected chi connectivity index (χ2v) is 5.26. The van der Waals surface area contributed by atoms with Gasteiger partial charge in [-0.1, -0.05) is 0 Å². The predicted molar refractivity (Wildman–Crippen MR) is 72.6 cm³/mol. The molecule has 1 saturated heterocycles.